The predicted octanol–water partition coefficient (Wildman–Crippen LogP) is 3.48. The Kier molecular flexibility index (Phi) is 7.31. The van der Waals surface area contributed by atoms with Crippen LogP contribution in [0.5, 0.6) is 11.5 Å². The van der Waals surface area contributed by atoms with Crippen LogP contribution in [-0.2, 0) is 11.8 Å². The van der Waals surface area contributed by atoms with Crippen molar-refractivity contribution in [1.29, 1.82) is 0 Å². The third-order valence-electron chi connectivity index (χ3n) is 3.94. The van der Waals surface area contributed by atoms with E-state index in [-0.39, 0.29) is 17.4 Å². The normalized spacial score (nSPS) is 11.0. The van der Waals surface area contributed by atoms with E-state index in [4.69, 9.17) is 16.3 Å². The van der Waals surface area contributed by atoms with E-state index in [1.165, 1.54) is 24.0 Å². The molecule has 0 unspecified atom stereocenters. The first-order valence-electron chi connectivity index (χ1n) is 9.03. The van der Waals surface area contributed by atoms with E-state index in [1.807, 2.05) is 26.1 Å². The molecule has 30 heavy (non-hydrogen) atoms. The van der Waals surface area contributed by atoms with Crippen LogP contribution in [-0.4, -0.2) is 44.4 Å². The lowest BCUT2D eigenvalue weighted by Gasteiger charge is -2.05. The molecule has 1 heterocycles. The number of phenols is 1. The van der Waals surface area contributed by atoms with Gasteiger partial charge >= 0.3 is 0 Å². The zero-order valence-corrected chi connectivity index (χ0v) is 17.9. The number of hydrazone groups is 1. The number of hydrogen-bond donors (Lipinski definition) is 2. The summed E-state index contributed by atoms with van der Waals surface area (Å²) in [6.45, 7) is 2.29. The molecule has 0 bridgehead atoms. The maximum atomic E-state index is 12.1. The molecule has 2 aromatic carbocycles. The number of hydrogen-bond acceptors (Lipinski definition) is 7. The van der Waals surface area contributed by atoms with E-state index in [9.17, 15) is 9.90 Å². The summed E-state index contributed by atoms with van der Waals surface area (Å²) in [7, 11) is 1.83. The van der Waals surface area contributed by atoms with E-state index >= 15 is 0 Å². The van der Waals surface area contributed by atoms with E-state index in [0.717, 1.165) is 5.56 Å². The van der Waals surface area contributed by atoms with Crippen molar-refractivity contribution in [3.63, 3.8) is 0 Å². The minimum Gasteiger partial charge on any atom is -0.504 e. The van der Waals surface area contributed by atoms with Gasteiger partial charge in [0.15, 0.2) is 22.5 Å². The standard InChI is InChI=1S/C20H20ClN5O3S/c1-3-29-17-8-7-13(9-16(17)27)11-22-23-18(28)12-30-20-25-24-19(26(20)2)14-5-4-6-15(21)10-14/h4-11,27H,3,12H2,1-2H3,(H,23,28)/b22-11+. The molecular formula is C20H20ClN5O3S. The van der Waals surface area contributed by atoms with Crippen molar-refractivity contribution < 1.29 is 14.6 Å². The third-order valence-corrected chi connectivity index (χ3v) is 5.19. The Morgan fingerprint density at radius 2 is 2.17 bits per heavy atom. The maximum absolute atomic E-state index is 12.1. The van der Waals surface area contributed by atoms with Gasteiger partial charge in [-0.25, -0.2) is 5.43 Å². The van der Waals surface area contributed by atoms with Gasteiger partial charge in [-0.15, -0.1) is 10.2 Å². The van der Waals surface area contributed by atoms with E-state index in [2.05, 4.69) is 20.7 Å². The topological polar surface area (TPSA) is 102 Å². The predicted molar refractivity (Wildman–Crippen MR) is 117 cm³/mol. The minimum atomic E-state index is -0.293. The molecule has 2 N–H and O–H groups in total. The lowest BCUT2D eigenvalue weighted by atomic mass is 10.2. The van der Waals surface area contributed by atoms with Gasteiger partial charge in [0.1, 0.15) is 0 Å². The first-order valence-corrected chi connectivity index (χ1v) is 10.4. The van der Waals surface area contributed by atoms with Crippen molar-refractivity contribution in [2.45, 2.75) is 12.1 Å². The monoisotopic (exact) mass is 445 g/mol. The molecule has 0 atom stereocenters. The molecule has 1 amide bonds. The Hall–Kier alpha value is -3.04. The highest BCUT2D eigenvalue weighted by Gasteiger charge is 2.13. The Balaban J connectivity index is 1.54. The van der Waals surface area contributed by atoms with Gasteiger partial charge in [0.2, 0.25) is 0 Å². The Labute approximate surface area is 182 Å². The van der Waals surface area contributed by atoms with E-state index in [0.29, 0.717) is 33.9 Å². The second kappa shape index (κ2) is 10.1. The van der Waals surface area contributed by atoms with Gasteiger partial charge in [0, 0.05) is 17.6 Å². The van der Waals surface area contributed by atoms with Crippen molar-refractivity contribution in [2.75, 3.05) is 12.4 Å². The van der Waals surface area contributed by atoms with Crippen LogP contribution in [0.25, 0.3) is 11.4 Å². The molecule has 8 nitrogen and oxygen atoms in total. The molecule has 1 aromatic heterocycles. The second-order valence-corrected chi connectivity index (χ2v) is 7.50. The van der Waals surface area contributed by atoms with Crippen LogP contribution in [0.3, 0.4) is 0 Å². The van der Waals surface area contributed by atoms with Crippen LogP contribution in [0.15, 0.2) is 52.7 Å². The smallest absolute Gasteiger partial charge is 0.250 e. The number of carbonyl (C=O) groups excluding carboxylic acids is 1. The van der Waals surface area contributed by atoms with Crippen molar-refractivity contribution in [2.24, 2.45) is 12.1 Å². The first kappa shape index (κ1) is 21.7. The fourth-order valence-corrected chi connectivity index (χ4v) is 3.45. The largest absolute Gasteiger partial charge is 0.504 e. The number of halogens is 1. The highest BCUT2D eigenvalue weighted by molar-refractivity contribution is 7.99. The Morgan fingerprint density at radius 1 is 1.33 bits per heavy atom. The first-order chi connectivity index (χ1) is 14.5. The van der Waals surface area contributed by atoms with Gasteiger partial charge in [-0.1, -0.05) is 35.5 Å². The Morgan fingerprint density at radius 3 is 2.90 bits per heavy atom. The van der Waals surface area contributed by atoms with Gasteiger partial charge < -0.3 is 14.4 Å². The lowest BCUT2D eigenvalue weighted by Crippen LogP contribution is -2.19. The minimum absolute atomic E-state index is 0.0143. The number of nitrogens with one attached hydrogen (secondary N) is 1. The van der Waals surface area contributed by atoms with E-state index in [1.54, 1.807) is 28.8 Å². The number of carbonyl (C=O) groups is 1. The fraction of sp³-hybridized carbons (Fsp3) is 0.200. The van der Waals surface area contributed by atoms with E-state index < -0.39 is 0 Å². The number of amides is 1. The van der Waals surface area contributed by atoms with Crippen molar-refractivity contribution in [3.05, 3.63) is 53.1 Å². The SMILES string of the molecule is CCOc1ccc(/C=N/NC(=O)CSc2nnc(-c3cccc(Cl)c3)n2C)cc1O. The zero-order valence-electron chi connectivity index (χ0n) is 16.4. The lowest BCUT2D eigenvalue weighted by molar-refractivity contribution is -0.118. The molecule has 0 aliphatic heterocycles. The summed E-state index contributed by atoms with van der Waals surface area (Å²) in [5, 5.41) is 23.3. The number of thioether (sulfide) groups is 1. The van der Waals surface area contributed by atoms with Gasteiger partial charge in [0.25, 0.3) is 5.91 Å². The second-order valence-electron chi connectivity index (χ2n) is 6.12. The Bertz CT molecular complexity index is 1070. The molecule has 0 saturated carbocycles. The van der Waals surface area contributed by atoms with Crippen LogP contribution in [0.4, 0.5) is 0 Å². The van der Waals surface area contributed by atoms with Gasteiger partial charge in [0.05, 0.1) is 18.6 Å². The van der Waals surface area contributed by atoms with Gasteiger partial charge in [-0.05, 0) is 42.8 Å². The summed E-state index contributed by atoms with van der Waals surface area (Å²) in [6.07, 6.45) is 1.44. The quantitative estimate of drug-likeness (QED) is 0.312. The number of phenolic OH excluding ortho intramolecular Hbond substituents is 1. The summed E-state index contributed by atoms with van der Waals surface area (Å²) >= 11 is 7.28. The van der Waals surface area contributed by atoms with Crippen molar-refractivity contribution in [3.8, 4) is 22.9 Å². The summed E-state index contributed by atoms with van der Waals surface area (Å²) in [5.41, 5.74) is 3.92. The van der Waals surface area contributed by atoms with Crippen LogP contribution in [0, 0.1) is 0 Å². The number of rotatable bonds is 8. The van der Waals surface area contributed by atoms with Crippen LogP contribution >= 0.6 is 23.4 Å². The third kappa shape index (κ3) is 5.52. The average Bonchev–Trinajstić information content (AvgIpc) is 3.09. The molecule has 0 aliphatic rings. The fourth-order valence-electron chi connectivity index (χ4n) is 2.55. The highest BCUT2D eigenvalue weighted by atomic mass is 35.5. The molecule has 0 saturated heterocycles. The summed E-state index contributed by atoms with van der Waals surface area (Å²) in [5.74, 6) is 0.900. The number of benzene rings is 2. The summed E-state index contributed by atoms with van der Waals surface area (Å²) in [4.78, 5) is 12.1. The molecule has 156 valence electrons. The maximum Gasteiger partial charge on any atom is 0.250 e. The van der Waals surface area contributed by atoms with Gasteiger partial charge in [-0.3, -0.25) is 4.79 Å². The molecule has 3 aromatic rings. The molecule has 3 rings (SSSR count). The number of ether oxygens (including phenoxy) is 1. The zero-order chi connectivity index (χ0) is 21.5. The van der Waals surface area contributed by atoms with Crippen LogP contribution in [0.2, 0.25) is 5.02 Å². The van der Waals surface area contributed by atoms with Crippen molar-refractivity contribution in [1.82, 2.24) is 20.2 Å². The van der Waals surface area contributed by atoms with Gasteiger partial charge in [-0.2, -0.15) is 5.10 Å². The number of aromatic hydroxyl groups is 1. The molecular weight excluding hydrogens is 426 g/mol. The molecule has 0 aliphatic carbocycles. The highest BCUT2D eigenvalue weighted by Crippen LogP contribution is 2.26. The molecule has 0 radical (unpaired) electrons. The average molecular weight is 446 g/mol. The number of nitrogens with zero attached hydrogens (tertiary/aromatic N) is 4. The summed E-state index contributed by atoms with van der Waals surface area (Å²) in [6, 6.07) is 12.2. The number of aromatic nitrogens is 3. The summed E-state index contributed by atoms with van der Waals surface area (Å²) < 4.78 is 7.07. The molecule has 0 fully saturated rings. The van der Waals surface area contributed by atoms with Crippen molar-refractivity contribution >= 4 is 35.5 Å². The molecule has 0 spiro atoms. The van der Waals surface area contributed by atoms with Crippen LogP contribution < -0.4 is 10.2 Å². The van der Waals surface area contributed by atoms with Crippen LogP contribution in [0.1, 0.15) is 12.5 Å². The molecule has 10 heteroatoms.